The van der Waals surface area contributed by atoms with Crippen molar-refractivity contribution in [1.82, 2.24) is 0 Å². The molecule has 0 radical (unpaired) electrons. The molecule has 1 fully saturated rings. The number of benzene rings is 1. The average Bonchev–Trinajstić information content (AvgIpc) is 2.88. The van der Waals surface area contributed by atoms with E-state index >= 15 is 0 Å². The first-order valence-corrected chi connectivity index (χ1v) is 8.76. The molecular weight excluding hydrogens is 328 g/mol. The molecule has 118 valence electrons. The van der Waals surface area contributed by atoms with Crippen molar-refractivity contribution >= 4 is 15.9 Å². The Bertz CT molecular complexity index is 464. The molecule has 1 saturated carbocycles. The van der Waals surface area contributed by atoms with Gasteiger partial charge in [-0.3, -0.25) is 0 Å². The summed E-state index contributed by atoms with van der Waals surface area (Å²) in [7, 11) is 1.67. The van der Waals surface area contributed by atoms with Crippen LogP contribution < -0.4 is 4.74 Å². The number of aliphatic hydroxyl groups excluding tert-OH is 1. The van der Waals surface area contributed by atoms with Crippen LogP contribution in [-0.2, 0) is 6.42 Å². The van der Waals surface area contributed by atoms with E-state index in [2.05, 4.69) is 41.9 Å². The van der Waals surface area contributed by atoms with Gasteiger partial charge in [0.25, 0.3) is 0 Å². The molecule has 0 aliphatic heterocycles. The van der Waals surface area contributed by atoms with E-state index in [0.29, 0.717) is 5.92 Å². The second-order valence-corrected chi connectivity index (χ2v) is 7.71. The number of methoxy groups -OCH3 is 1. The fourth-order valence-electron chi connectivity index (χ4n) is 3.84. The minimum absolute atomic E-state index is 0.126. The van der Waals surface area contributed by atoms with E-state index in [1.807, 2.05) is 6.07 Å². The van der Waals surface area contributed by atoms with E-state index in [9.17, 15) is 5.11 Å². The quantitative estimate of drug-likeness (QED) is 0.781. The van der Waals surface area contributed by atoms with Gasteiger partial charge in [0.1, 0.15) is 5.75 Å². The second kappa shape index (κ2) is 7.15. The zero-order valence-electron chi connectivity index (χ0n) is 13.4. The first-order chi connectivity index (χ1) is 9.97. The van der Waals surface area contributed by atoms with Crippen LogP contribution in [0.1, 0.15) is 51.5 Å². The van der Waals surface area contributed by atoms with E-state index in [4.69, 9.17) is 4.74 Å². The zero-order chi connectivity index (χ0) is 15.5. The molecular formula is C18H27BrO2. The van der Waals surface area contributed by atoms with Gasteiger partial charge in [-0.1, -0.05) is 32.8 Å². The van der Waals surface area contributed by atoms with Crippen molar-refractivity contribution in [3.63, 3.8) is 0 Å². The first kappa shape index (κ1) is 16.8. The summed E-state index contributed by atoms with van der Waals surface area (Å²) in [6, 6.07) is 6.10. The molecule has 1 aliphatic rings. The minimum atomic E-state index is -0.248. The Balaban J connectivity index is 2.11. The minimum Gasteiger partial charge on any atom is -0.496 e. The van der Waals surface area contributed by atoms with Crippen molar-refractivity contribution in [2.45, 2.75) is 58.5 Å². The molecule has 0 spiro atoms. The van der Waals surface area contributed by atoms with Gasteiger partial charge in [-0.25, -0.2) is 0 Å². The van der Waals surface area contributed by atoms with Crippen molar-refractivity contribution in [2.75, 3.05) is 7.11 Å². The van der Waals surface area contributed by atoms with Crippen LogP contribution in [0.2, 0.25) is 0 Å². The summed E-state index contributed by atoms with van der Waals surface area (Å²) >= 11 is 3.53. The molecule has 1 aliphatic carbocycles. The van der Waals surface area contributed by atoms with Crippen LogP contribution in [0.3, 0.4) is 0 Å². The third-order valence-electron chi connectivity index (χ3n) is 4.77. The Kier molecular flexibility index (Phi) is 5.73. The summed E-state index contributed by atoms with van der Waals surface area (Å²) < 4.78 is 6.23. The Hall–Kier alpha value is -0.540. The van der Waals surface area contributed by atoms with Crippen molar-refractivity contribution in [3.05, 3.63) is 28.2 Å². The molecule has 21 heavy (non-hydrogen) atoms. The summed E-state index contributed by atoms with van der Waals surface area (Å²) in [6.45, 7) is 4.52. The lowest BCUT2D eigenvalue weighted by Gasteiger charge is -2.36. The Morgan fingerprint density at radius 1 is 1.29 bits per heavy atom. The lowest BCUT2D eigenvalue weighted by atomic mass is 9.72. The predicted octanol–water partition coefficient (Wildman–Crippen LogP) is 4.97. The van der Waals surface area contributed by atoms with Crippen LogP contribution in [0, 0.1) is 11.3 Å². The average molecular weight is 355 g/mol. The zero-order valence-corrected chi connectivity index (χ0v) is 14.9. The SMILES string of the molecule is COc1ccc(CC(O)C2(CC(C)C)CCCC2)cc1Br. The van der Waals surface area contributed by atoms with Crippen molar-refractivity contribution < 1.29 is 9.84 Å². The molecule has 2 nitrogen and oxygen atoms in total. The molecule has 1 atom stereocenters. The molecule has 1 N–H and O–H groups in total. The van der Waals surface area contributed by atoms with E-state index in [1.165, 1.54) is 31.2 Å². The normalized spacial score (nSPS) is 19.0. The van der Waals surface area contributed by atoms with E-state index < -0.39 is 0 Å². The monoisotopic (exact) mass is 354 g/mol. The van der Waals surface area contributed by atoms with Gasteiger partial charge < -0.3 is 9.84 Å². The van der Waals surface area contributed by atoms with Crippen molar-refractivity contribution in [3.8, 4) is 5.75 Å². The molecule has 3 heteroatoms. The topological polar surface area (TPSA) is 29.5 Å². The first-order valence-electron chi connectivity index (χ1n) is 7.97. The number of ether oxygens (including phenoxy) is 1. The van der Waals surface area contributed by atoms with E-state index in [0.717, 1.165) is 23.1 Å². The summed E-state index contributed by atoms with van der Waals surface area (Å²) in [5.74, 6) is 1.48. The number of halogens is 1. The van der Waals surface area contributed by atoms with Crippen LogP contribution in [0.15, 0.2) is 22.7 Å². The Morgan fingerprint density at radius 2 is 1.95 bits per heavy atom. The van der Waals surface area contributed by atoms with Crippen LogP contribution in [-0.4, -0.2) is 18.3 Å². The number of aliphatic hydroxyl groups is 1. The highest BCUT2D eigenvalue weighted by Crippen LogP contribution is 2.46. The molecule has 0 heterocycles. The van der Waals surface area contributed by atoms with Gasteiger partial charge in [0, 0.05) is 0 Å². The summed E-state index contributed by atoms with van der Waals surface area (Å²) in [6.07, 6.45) is 6.48. The third kappa shape index (κ3) is 4.01. The summed E-state index contributed by atoms with van der Waals surface area (Å²) in [5, 5.41) is 10.9. The van der Waals surface area contributed by atoms with Crippen LogP contribution in [0.4, 0.5) is 0 Å². The van der Waals surface area contributed by atoms with Gasteiger partial charge >= 0.3 is 0 Å². The van der Waals surface area contributed by atoms with Gasteiger partial charge in [0.05, 0.1) is 17.7 Å². The van der Waals surface area contributed by atoms with Crippen molar-refractivity contribution in [2.24, 2.45) is 11.3 Å². The smallest absolute Gasteiger partial charge is 0.133 e. The molecule has 1 unspecified atom stereocenters. The van der Waals surface area contributed by atoms with E-state index in [-0.39, 0.29) is 11.5 Å². The molecule has 0 bridgehead atoms. The van der Waals surface area contributed by atoms with Gasteiger partial charge in [-0.15, -0.1) is 0 Å². The molecule has 2 rings (SSSR count). The van der Waals surface area contributed by atoms with Crippen molar-refractivity contribution in [1.29, 1.82) is 0 Å². The lowest BCUT2D eigenvalue weighted by Crippen LogP contribution is -2.35. The standard InChI is InChI=1S/C18H27BrO2/c1-13(2)12-18(8-4-5-9-18)17(20)11-14-6-7-16(21-3)15(19)10-14/h6-7,10,13,17,20H,4-5,8-9,11-12H2,1-3H3. The molecule has 1 aromatic carbocycles. The van der Waals surface area contributed by atoms with Crippen LogP contribution in [0.5, 0.6) is 5.75 Å². The highest BCUT2D eigenvalue weighted by molar-refractivity contribution is 9.10. The Labute approximate surface area is 137 Å². The second-order valence-electron chi connectivity index (χ2n) is 6.86. The Morgan fingerprint density at radius 3 is 2.48 bits per heavy atom. The van der Waals surface area contributed by atoms with Gasteiger partial charge in [0.2, 0.25) is 0 Å². The summed E-state index contributed by atoms with van der Waals surface area (Å²) in [4.78, 5) is 0. The van der Waals surface area contributed by atoms with Gasteiger partial charge in [-0.2, -0.15) is 0 Å². The third-order valence-corrected chi connectivity index (χ3v) is 5.39. The van der Waals surface area contributed by atoms with Crippen LogP contribution in [0.25, 0.3) is 0 Å². The maximum Gasteiger partial charge on any atom is 0.133 e. The summed E-state index contributed by atoms with van der Waals surface area (Å²) in [5.41, 5.74) is 1.30. The van der Waals surface area contributed by atoms with Gasteiger partial charge in [-0.05, 0) is 70.6 Å². The highest BCUT2D eigenvalue weighted by Gasteiger charge is 2.40. The number of rotatable bonds is 6. The fraction of sp³-hybridized carbons (Fsp3) is 0.667. The highest BCUT2D eigenvalue weighted by atomic mass is 79.9. The number of hydrogen-bond acceptors (Lipinski definition) is 2. The largest absolute Gasteiger partial charge is 0.496 e. The molecule has 0 amide bonds. The van der Waals surface area contributed by atoms with Crippen LogP contribution >= 0.6 is 15.9 Å². The predicted molar refractivity (Wildman–Crippen MR) is 90.8 cm³/mol. The molecule has 0 aromatic heterocycles. The maximum atomic E-state index is 10.9. The van der Waals surface area contributed by atoms with Gasteiger partial charge in [0.15, 0.2) is 0 Å². The maximum absolute atomic E-state index is 10.9. The van der Waals surface area contributed by atoms with E-state index in [1.54, 1.807) is 7.11 Å². The molecule has 1 aromatic rings. The number of hydrogen-bond donors (Lipinski definition) is 1. The molecule has 0 saturated heterocycles. The lowest BCUT2D eigenvalue weighted by molar-refractivity contribution is 0.0133. The fourth-order valence-corrected chi connectivity index (χ4v) is 4.43.